The van der Waals surface area contributed by atoms with Crippen molar-refractivity contribution in [3.05, 3.63) is 34.3 Å². The minimum atomic E-state index is -4.50. The van der Waals surface area contributed by atoms with Crippen LogP contribution in [0.2, 0.25) is 5.02 Å². The van der Waals surface area contributed by atoms with Crippen molar-refractivity contribution < 1.29 is 27.5 Å². The Morgan fingerprint density at radius 2 is 1.90 bits per heavy atom. The highest BCUT2D eigenvalue weighted by molar-refractivity contribution is 6.34. The quantitative estimate of drug-likeness (QED) is 0.580. The fraction of sp³-hybridized carbons (Fsp3) is 0.429. The maximum Gasteiger partial charge on any atom is 0.416 e. The molecular weight excluding hydrogens is 309 g/mol. The first-order valence-electron chi connectivity index (χ1n) is 6.31. The number of ketones is 1. The zero-order valence-corrected chi connectivity index (χ0v) is 12.1. The van der Waals surface area contributed by atoms with Crippen LogP contribution in [0, 0.1) is 0 Å². The van der Waals surface area contributed by atoms with Crippen molar-refractivity contribution in [1.29, 1.82) is 0 Å². The van der Waals surface area contributed by atoms with Gasteiger partial charge in [0, 0.05) is 18.4 Å². The van der Waals surface area contributed by atoms with E-state index in [1.54, 1.807) is 6.92 Å². The lowest BCUT2D eigenvalue weighted by molar-refractivity contribution is -0.143. The Morgan fingerprint density at radius 3 is 2.43 bits per heavy atom. The van der Waals surface area contributed by atoms with Gasteiger partial charge in [0.25, 0.3) is 0 Å². The number of ether oxygens (including phenoxy) is 1. The Bertz CT molecular complexity index is 527. The number of benzene rings is 1. The summed E-state index contributed by atoms with van der Waals surface area (Å²) in [5.74, 6) is -0.818. The number of rotatable bonds is 6. The van der Waals surface area contributed by atoms with Crippen molar-refractivity contribution in [2.75, 3.05) is 6.61 Å². The van der Waals surface area contributed by atoms with E-state index in [0.717, 1.165) is 18.2 Å². The molecule has 0 spiro atoms. The Morgan fingerprint density at radius 1 is 1.24 bits per heavy atom. The summed E-state index contributed by atoms with van der Waals surface area (Å²) < 4.78 is 42.1. The number of esters is 1. The maximum absolute atomic E-state index is 12.5. The lowest BCUT2D eigenvalue weighted by Gasteiger charge is -2.09. The second kappa shape index (κ2) is 7.45. The monoisotopic (exact) mass is 322 g/mol. The highest BCUT2D eigenvalue weighted by Gasteiger charge is 2.31. The topological polar surface area (TPSA) is 43.4 Å². The first kappa shape index (κ1) is 17.5. The normalized spacial score (nSPS) is 11.3. The summed E-state index contributed by atoms with van der Waals surface area (Å²) in [5.41, 5.74) is -0.885. The molecule has 0 aliphatic rings. The smallest absolute Gasteiger partial charge is 0.416 e. The Hall–Kier alpha value is -1.56. The van der Waals surface area contributed by atoms with Gasteiger partial charge in [0.2, 0.25) is 0 Å². The van der Waals surface area contributed by atoms with Crippen LogP contribution in [0.5, 0.6) is 0 Å². The van der Waals surface area contributed by atoms with E-state index in [9.17, 15) is 22.8 Å². The highest BCUT2D eigenvalue weighted by atomic mass is 35.5. The minimum absolute atomic E-state index is 0.0178. The van der Waals surface area contributed by atoms with E-state index in [-0.39, 0.29) is 36.5 Å². The molecule has 0 heterocycles. The lowest BCUT2D eigenvalue weighted by Crippen LogP contribution is -2.08. The first-order chi connectivity index (χ1) is 9.75. The summed E-state index contributed by atoms with van der Waals surface area (Å²) in [7, 11) is 0. The molecule has 0 aliphatic heterocycles. The van der Waals surface area contributed by atoms with Gasteiger partial charge in [-0.25, -0.2) is 0 Å². The molecule has 0 saturated heterocycles. The van der Waals surface area contributed by atoms with E-state index in [1.807, 2.05) is 0 Å². The van der Waals surface area contributed by atoms with Crippen LogP contribution < -0.4 is 0 Å². The van der Waals surface area contributed by atoms with Crippen LogP contribution in [0.4, 0.5) is 13.2 Å². The number of alkyl halides is 3. The van der Waals surface area contributed by atoms with Crippen LogP contribution in [0.25, 0.3) is 0 Å². The van der Waals surface area contributed by atoms with Gasteiger partial charge in [-0.1, -0.05) is 11.6 Å². The zero-order valence-electron chi connectivity index (χ0n) is 11.3. The molecule has 3 nitrogen and oxygen atoms in total. The average Bonchev–Trinajstić information content (AvgIpc) is 2.37. The van der Waals surface area contributed by atoms with Crippen molar-refractivity contribution >= 4 is 23.4 Å². The van der Waals surface area contributed by atoms with E-state index >= 15 is 0 Å². The molecule has 0 amide bonds. The summed E-state index contributed by atoms with van der Waals surface area (Å²) in [4.78, 5) is 22.9. The Balaban J connectivity index is 2.65. The third kappa shape index (κ3) is 5.38. The number of hydrogen-bond acceptors (Lipinski definition) is 3. The summed E-state index contributed by atoms with van der Waals surface area (Å²) in [6, 6.07) is 2.59. The summed E-state index contributed by atoms with van der Waals surface area (Å²) in [6.07, 6.45) is -4.15. The van der Waals surface area contributed by atoms with Crippen LogP contribution in [-0.4, -0.2) is 18.4 Å². The molecule has 0 N–H and O–H groups in total. The molecule has 1 aromatic carbocycles. The molecule has 0 unspecified atom stereocenters. The zero-order chi connectivity index (χ0) is 16.0. The Labute approximate surface area is 125 Å². The molecule has 0 radical (unpaired) electrons. The molecule has 0 fully saturated rings. The van der Waals surface area contributed by atoms with Crippen molar-refractivity contribution in [3.8, 4) is 0 Å². The summed E-state index contributed by atoms with van der Waals surface area (Å²) in [6.45, 7) is 1.93. The summed E-state index contributed by atoms with van der Waals surface area (Å²) in [5, 5.41) is -0.244. The number of carbonyl (C=O) groups excluding carboxylic acids is 2. The van der Waals surface area contributed by atoms with Crippen molar-refractivity contribution in [1.82, 2.24) is 0 Å². The molecule has 116 valence electrons. The minimum Gasteiger partial charge on any atom is -0.466 e. The van der Waals surface area contributed by atoms with E-state index < -0.39 is 23.5 Å². The van der Waals surface area contributed by atoms with Gasteiger partial charge >= 0.3 is 12.1 Å². The standard InChI is InChI=1S/C14H14ClF3O3/c1-2-21-13(20)5-3-4-12(19)10-7-6-9(8-11(10)15)14(16,17)18/h6-8H,2-5H2,1H3. The molecule has 1 aromatic rings. The van der Waals surface area contributed by atoms with Crippen LogP contribution in [-0.2, 0) is 15.7 Å². The van der Waals surface area contributed by atoms with Gasteiger partial charge in [0.1, 0.15) is 0 Å². The third-order valence-corrected chi connectivity index (χ3v) is 3.00. The fourth-order valence-corrected chi connectivity index (χ4v) is 1.96. The van der Waals surface area contributed by atoms with Crippen LogP contribution in [0.3, 0.4) is 0 Å². The van der Waals surface area contributed by atoms with Gasteiger partial charge in [-0.2, -0.15) is 13.2 Å². The second-order valence-electron chi connectivity index (χ2n) is 4.27. The predicted molar refractivity (Wildman–Crippen MR) is 71.3 cm³/mol. The van der Waals surface area contributed by atoms with Crippen LogP contribution >= 0.6 is 11.6 Å². The van der Waals surface area contributed by atoms with Crippen molar-refractivity contribution in [3.63, 3.8) is 0 Å². The van der Waals surface area contributed by atoms with Gasteiger partial charge < -0.3 is 4.74 Å². The molecule has 0 atom stereocenters. The van der Waals surface area contributed by atoms with E-state index in [2.05, 4.69) is 0 Å². The molecule has 21 heavy (non-hydrogen) atoms. The largest absolute Gasteiger partial charge is 0.466 e. The average molecular weight is 323 g/mol. The molecule has 0 aromatic heterocycles. The van der Waals surface area contributed by atoms with Crippen LogP contribution in [0.15, 0.2) is 18.2 Å². The van der Waals surface area contributed by atoms with Gasteiger partial charge in [0.05, 0.1) is 17.2 Å². The molecule has 0 saturated carbocycles. The number of hydrogen-bond donors (Lipinski definition) is 0. The second-order valence-corrected chi connectivity index (χ2v) is 4.68. The molecule has 1 rings (SSSR count). The van der Waals surface area contributed by atoms with Crippen molar-refractivity contribution in [2.45, 2.75) is 32.4 Å². The van der Waals surface area contributed by atoms with Crippen LogP contribution in [0.1, 0.15) is 42.1 Å². The van der Waals surface area contributed by atoms with Gasteiger partial charge in [0.15, 0.2) is 5.78 Å². The number of halogens is 4. The Kier molecular flexibility index (Phi) is 6.20. The predicted octanol–water partition coefficient (Wildman–Crippen LogP) is 4.27. The fourth-order valence-electron chi connectivity index (χ4n) is 1.68. The molecule has 0 bridgehead atoms. The van der Waals surface area contributed by atoms with E-state index in [1.165, 1.54) is 0 Å². The maximum atomic E-state index is 12.5. The molecule has 7 heteroatoms. The lowest BCUT2D eigenvalue weighted by atomic mass is 10.0. The number of carbonyl (C=O) groups is 2. The van der Waals surface area contributed by atoms with Crippen molar-refractivity contribution in [2.24, 2.45) is 0 Å². The highest BCUT2D eigenvalue weighted by Crippen LogP contribution is 2.32. The number of Topliss-reactive ketones (excluding diaryl/α,β-unsaturated/α-hetero) is 1. The van der Waals surface area contributed by atoms with Gasteiger partial charge in [-0.3, -0.25) is 9.59 Å². The SMILES string of the molecule is CCOC(=O)CCCC(=O)c1ccc(C(F)(F)F)cc1Cl. The molecule has 0 aliphatic carbocycles. The molecular formula is C14H14ClF3O3. The van der Waals surface area contributed by atoms with Gasteiger partial charge in [-0.05, 0) is 31.5 Å². The van der Waals surface area contributed by atoms with E-state index in [4.69, 9.17) is 16.3 Å². The first-order valence-corrected chi connectivity index (χ1v) is 6.69. The summed E-state index contributed by atoms with van der Waals surface area (Å²) >= 11 is 5.71. The van der Waals surface area contributed by atoms with E-state index in [0.29, 0.717) is 0 Å². The third-order valence-electron chi connectivity index (χ3n) is 2.69. The van der Waals surface area contributed by atoms with Gasteiger partial charge in [-0.15, -0.1) is 0 Å².